The zero-order valence-electron chi connectivity index (χ0n) is 17.6. The Kier molecular flexibility index (Phi) is 6.44. The highest BCUT2D eigenvalue weighted by Crippen LogP contribution is 2.38. The van der Waals surface area contributed by atoms with Crippen LogP contribution in [-0.4, -0.2) is 54.5 Å². The van der Waals surface area contributed by atoms with Gasteiger partial charge in [-0.3, -0.25) is 9.59 Å². The average molecular weight is 414 g/mol. The molecular formula is C22H26N2O6. The molecule has 0 saturated carbocycles. The summed E-state index contributed by atoms with van der Waals surface area (Å²) in [5.74, 6) is 0.289. The van der Waals surface area contributed by atoms with E-state index >= 15 is 0 Å². The van der Waals surface area contributed by atoms with Gasteiger partial charge in [0, 0.05) is 30.9 Å². The van der Waals surface area contributed by atoms with Crippen molar-refractivity contribution in [1.82, 2.24) is 9.47 Å². The number of hydrogen-bond donors (Lipinski definition) is 0. The molecule has 1 fully saturated rings. The summed E-state index contributed by atoms with van der Waals surface area (Å²) in [5, 5.41) is 0. The van der Waals surface area contributed by atoms with Crippen LogP contribution in [0.1, 0.15) is 52.2 Å². The number of carbonyl (C=O) groups excluding carboxylic acids is 3. The van der Waals surface area contributed by atoms with E-state index in [2.05, 4.69) is 0 Å². The number of likely N-dealkylation sites (tertiary alicyclic amines) is 1. The predicted octanol–water partition coefficient (Wildman–Crippen LogP) is 2.77. The Balaban J connectivity index is 1.71. The fraction of sp³-hybridized carbons (Fsp3) is 0.409. The highest BCUT2D eigenvalue weighted by molar-refractivity contribution is 5.98. The molecule has 3 rings (SSSR count). The molecule has 8 nitrogen and oxygen atoms in total. The average Bonchev–Trinajstić information content (AvgIpc) is 3.38. The zero-order chi connectivity index (χ0) is 21.8. The molecule has 1 aliphatic rings. The Labute approximate surface area is 175 Å². The van der Waals surface area contributed by atoms with Gasteiger partial charge in [-0.25, -0.2) is 4.79 Å². The van der Waals surface area contributed by atoms with Crippen LogP contribution in [0.3, 0.4) is 0 Å². The lowest BCUT2D eigenvalue weighted by Gasteiger charge is -2.26. The Hall–Kier alpha value is -3.29. The van der Waals surface area contributed by atoms with Gasteiger partial charge >= 0.3 is 5.97 Å². The molecule has 1 aromatic heterocycles. The molecule has 1 aliphatic heterocycles. The molecule has 1 amide bonds. The minimum absolute atomic E-state index is 0.145. The summed E-state index contributed by atoms with van der Waals surface area (Å²) in [6.45, 7) is 1.62. The number of rotatable bonds is 7. The normalized spacial score (nSPS) is 15.7. The molecule has 0 N–H and O–H groups in total. The summed E-state index contributed by atoms with van der Waals surface area (Å²) < 4.78 is 17.5. The van der Waals surface area contributed by atoms with E-state index in [0.717, 1.165) is 18.4 Å². The second-order valence-electron chi connectivity index (χ2n) is 7.21. The number of esters is 1. The summed E-state index contributed by atoms with van der Waals surface area (Å²) in [5.41, 5.74) is 1.50. The molecule has 1 saturated heterocycles. The molecule has 2 aromatic rings. The molecule has 30 heavy (non-hydrogen) atoms. The highest BCUT2D eigenvalue weighted by Gasteiger charge is 2.32. The van der Waals surface area contributed by atoms with E-state index in [0.29, 0.717) is 23.6 Å². The Morgan fingerprint density at radius 1 is 1.13 bits per heavy atom. The van der Waals surface area contributed by atoms with Crippen LogP contribution >= 0.6 is 0 Å². The molecule has 0 radical (unpaired) electrons. The van der Waals surface area contributed by atoms with E-state index in [-0.39, 0.29) is 30.0 Å². The van der Waals surface area contributed by atoms with E-state index < -0.39 is 5.97 Å². The maximum Gasteiger partial charge on any atom is 0.355 e. The van der Waals surface area contributed by atoms with Crippen molar-refractivity contribution in [3.63, 3.8) is 0 Å². The van der Waals surface area contributed by atoms with Crippen LogP contribution in [-0.2, 0) is 16.6 Å². The van der Waals surface area contributed by atoms with Crippen molar-refractivity contribution in [2.24, 2.45) is 7.05 Å². The lowest BCUT2D eigenvalue weighted by molar-refractivity contribution is -0.135. The van der Waals surface area contributed by atoms with Gasteiger partial charge in [0.25, 0.3) is 5.91 Å². The third-order valence-corrected chi connectivity index (χ3v) is 5.32. The van der Waals surface area contributed by atoms with Gasteiger partial charge in [0.2, 0.25) is 0 Å². The van der Waals surface area contributed by atoms with Crippen LogP contribution in [0.15, 0.2) is 30.5 Å². The number of ketones is 1. The smallest absolute Gasteiger partial charge is 0.355 e. The van der Waals surface area contributed by atoms with Gasteiger partial charge in [-0.05, 0) is 44.0 Å². The first-order valence-corrected chi connectivity index (χ1v) is 9.71. The number of ether oxygens (including phenoxy) is 3. The Morgan fingerprint density at radius 2 is 1.90 bits per heavy atom. The largest absolute Gasteiger partial charge is 0.497 e. The van der Waals surface area contributed by atoms with Gasteiger partial charge in [-0.15, -0.1) is 0 Å². The van der Waals surface area contributed by atoms with Crippen LogP contribution in [0, 0.1) is 0 Å². The Morgan fingerprint density at radius 3 is 2.53 bits per heavy atom. The van der Waals surface area contributed by atoms with Crippen molar-refractivity contribution in [3.05, 3.63) is 47.3 Å². The summed E-state index contributed by atoms with van der Waals surface area (Å²) in [6, 6.07) is 6.78. The summed E-state index contributed by atoms with van der Waals surface area (Å²) in [6.07, 6.45) is 3.18. The number of hydrogen-bond acceptors (Lipinski definition) is 6. The summed E-state index contributed by atoms with van der Waals surface area (Å²) in [4.78, 5) is 38.4. The fourth-order valence-corrected chi connectivity index (χ4v) is 3.73. The number of benzene rings is 1. The third-order valence-electron chi connectivity index (χ3n) is 5.32. The van der Waals surface area contributed by atoms with Crippen molar-refractivity contribution in [2.45, 2.75) is 25.8 Å². The number of carbonyl (C=O) groups is 3. The number of Topliss-reactive ketones (excluding diaryl/α,β-unsaturated/α-hetero) is 1. The highest BCUT2D eigenvalue weighted by atomic mass is 16.5. The van der Waals surface area contributed by atoms with Gasteiger partial charge < -0.3 is 23.7 Å². The van der Waals surface area contributed by atoms with Gasteiger partial charge in [0.1, 0.15) is 17.2 Å². The number of amides is 1. The van der Waals surface area contributed by atoms with Crippen LogP contribution in [0.5, 0.6) is 11.5 Å². The number of methoxy groups -OCH3 is 2. The van der Waals surface area contributed by atoms with Crippen LogP contribution in [0.2, 0.25) is 0 Å². The maximum absolute atomic E-state index is 12.8. The molecule has 8 heteroatoms. The van der Waals surface area contributed by atoms with E-state index in [1.807, 2.05) is 12.1 Å². The van der Waals surface area contributed by atoms with Crippen molar-refractivity contribution >= 4 is 17.7 Å². The van der Waals surface area contributed by atoms with Crippen molar-refractivity contribution < 1.29 is 28.6 Å². The first kappa shape index (κ1) is 21.4. The molecule has 0 unspecified atom stereocenters. The molecule has 0 spiro atoms. The number of aromatic nitrogens is 1. The van der Waals surface area contributed by atoms with E-state index in [9.17, 15) is 14.4 Å². The predicted molar refractivity (Wildman–Crippen MR) is 109 cm³/mol. The quantitative estimate of drug-likeness (QED) is 0.511. The van der Waals surface area contributed by atoms with E-state index in [4.69, 9.17) is 14.2 Å². The lowest BCUT2D eigenvalue weighted by atomic mass is 10.0. The summed E-state index contributed by atoms with van der Waals surface area (Å²) in [7, 11) is 4.82. The van der Waals surface area contributed by atoms with Crippen LogP contribution in [0.25, 0.3) is 0 Å². The number of aryl methyl sites for hydroxylation is 1. The van der Waals surface area contributed by atoms with Crippen molar-refractivity contribution in [1.29, 1.82) is 0 Å². The van der Waals surface area contributed by atoms with Gasteiger partial charge in [-0.2, -0.15) is 0 Å². The first-order chi connectivity index (χ1) is 14.3. The molecule has 160 valence electrons. The topological polar surface area (TPSA) is 87.1 Å². The first-order valence-electron chi connectivity index (χ1n) is 9.71. The molecular weight excluding hydrogens is 388 g/mol. The Bertz CT molecular complexity index is 965. The standard InChI is InChI=1S/C22H26N2O6/c1-14(25)15-10-19(23(2)12-15)22(27)30-13-21(26)24-9-5-6-18(24)17-11-16(28-3)7-8-20(17)29-4/h7-8,10-12,18H,5-6,9,13H2,1-4H3/t18-/m1/s1. The maximum atomic E-state index is 12.8. The lowest BCUT2D eigenvalue weighted by Crippen LogP contribution is -2.34. The fourth-order valence-electron chi connectivity index (χ4n) is 3.73. The second-order valence-corrected chi connectivity index (χ2v) is 7.21. The minimum atomic E-state index is -0.645. The monoisotopic (exact) mass is 414 g/mol. The van der Waals surface area contributed by atoms with Gasteiger partial charge in [0.05, 0.1) is 20.3 Å². The van der Waals surface area contributed by atoms with Crippen molar-refractivity contribution in [2.75, 3.05) is 27.4 Å². The molecule has 1 atom stereocenters. The van der Waals surface area contributed by atoms with Crippen molar-refractivity contribution in [3.8, 4) is 11.5 Å². The van der Waals surface area contributed by atoms with E-state index in [1.54, 1.807) is 38.4 Å². The van der Waals surface area contributed by atoms with Crippen LogP contribution < -0.4 is 9.47 Å². The molecule has 2 heterocycles. The number of nitrogens with zero attached hydrogens (tertiary/aromatic N) is 2. The third kappa shape index (κ3) is 4.32. The van der Waals surface area contributed by atoms with Gasteiger partial charge in [-0.1, -0.05) is 0 Å². The molecule has 1 aromatic carbocycles. The van der Waals surface area contributed by atoms with Gasteiger partial charge in [0.15, 0.2) is 12.4 Å². The second kappa shape index (κ2) is 9.02. The van der Waals surface area contributed by atoms with E-state index in [1.165, 1.54) is 17.6 Å². The molecule has 0 bridgehead atoms. The minimum Gasteiger partial charge on any atom is -0.497 e. The van der Waals surface area contributed by atoms with Crippen LogP contribution in [0.4, 0.5) is 0 Å². The summed E-state index contributed by atoms with van der Waals surface area (Å²) >= 11 is 0. The molecule has 0 aliphatic carbocycles. The SMILES string of the molecule is COc1ccc(OC)c([C@H]2CCCN2C(=O)COC(=O)c2cc(C(C)=O)cn2C)c1. The zero-order valence-corrected chi connectivity index (χ0v) is 17.6.